The van der Waals surface area contributed by atoms with Crippen LogP contribution in [0.3, 0.4) is 0 Å². The molecule has 1 heterocycles. The molecule has 0 atom stereocenters. The standard InChI is InChI=1S/C14H12ClF2IN2O/c1-7(2)11-10(18)12(15)20-13(19-11)8-3-5-9(6-4-8)21-14(16)17/h3-7,14H,1-2H3. The van der Waals surface area contributed by atoms with Crippen LogP contribution >= 0.6 is 34.2 Å². The van der Waals surface area contributed by atoms with Crippen LogP contribution in [0.4, 0.5) is 8.78 Å². The molecule has 0 saturated carbocycles. The van der Waals surface area contributed by atoms with Crippen LogP contribution in [0.1, 0.15) is 25.5 Å². The maximum atomic E-state index is 12.1. The average Bonchev–Trinajstić information content (AvgIpc) is 2.41. The molecule has 112 valence electrons. The summed E-state index contributed by atoms with van der Waals surface area (Å²) in [7, 11) is 0. The van der Waals surface area contributed by atoms with E-state index in [0.717, 1.165) is 9.26 Å². The van der Waals surface area contributed by atoms with Gasteiger partial charge in [-0.05, 0) is 52.8 Å². The predicted octanol–water partition coefficient (Wildman–Crippen LogP) is 5.13. The smallest absolute Gasteiger partial charge is 0.387 e. The summed E-state index contributed by atoms with van der Waals surface area (Å²) >= 11 is 8.24. The third-order valence-corrected chi connectivity index (χ3v) is 4.38. The third-order valence-electron chi connectivity index (χ3n) is 2.72. The lowest BCUT2D eigenvalue weighted by atomic mass is 10.1. The first kappa shape index (κ1) is 16.4. The van der Waals surface area contributed by atoms with Crippen LogP contribution in [0, 0.1) is 3.57 Å². The van der Waals surface area contributed by atoms with Crippen molar-refractivity contribution in [2.45, 2.75) is 26.4 Å². The highest BCUT2D eigenvalue weighted by Crippen LogP contribution is 2.28. The van der Waals surface area contributed by atoms with Gasteiger partial charge in [-0.2, -0.15) is 8.78 Å². The lowest BCUT2D eigenvalue weighted by molar-refractivity contribution is -0.0498. The van der Waals surface area contributed by atoms with E-state index < -0.39 is 6.61 Å². The van der Waals surface area contributed by atoms with Crippen LogP contribution in [-0.2, 0) is 0 Å². The molecule has 2 rings (SSSR count). The summed E-state index contributed by atoms with van der Waals surface area (Å²) in [5.74, 6) is 0.764. The maximum absolute atomic E-state index is 12.1. The van der Waals surface area contributed by atoms with E-state index >= 15 is 0 Å². The predicted molar refractivity (Wildman–Crippen MR) is 85.9 cm³/mol. The highest BCUT2D eigenvalue weighted by molar-refractivity contribution is 14.1. The molecular formula is C14H12ClF2IN2O. The minimum absolute atomic E-state index is 0.0921. The number of aromatic nitrogens is 2. The summed E-state index contributed by atoms with van der Waals surface area (Å²) in [6.45, 7) is 1.20. The first-order valence-electron chi connectivity index (χ1n) is 6.16. The first-order valence-corrected chi connectivity index (χ1v) is 7.62. The lowest BCUT2D eigenvalue weighted by Gasteiger charge is -2.11. The molecule has 7 heteroatoms. The molecule has 0 aliphatic heterocycles. The van der Waals surface area contributed by atoms with Crippen LogP contribution < -0.4 is 4.74 Å². The summed E-state index contributed by atoms with van der Waals surface area (Å²) in [6, 6.07) is 6.15. The zero-order valence-electron chi connectivity index (χ0n) is 11.3. The normalized spacial score (nSPS) is 11.2. The van der Waals surface area contributed by atoms with Crippen molar-refractivity contribution in [2.75, 3.05) is 0 Å². The number of hydrogen-bond acceptors (Lipinski definition) is 3. The Morgan fingerprint density at radius 2 is 1.76 bits per heavy atom. The summed E-state index contributed by atoms with van der Waals surface area (Å²) in [5, 5.41) is 0.386. The quantitative estimate of drug-likeness (QED) is 0.504. The summed E-state index contributed by atoms with van der Waals surface area (Å²) in [4.78, 5) is 8.74. The second-order valence-electron chi connectivity index (χ2n) is 4.59. The Labute approximate surface area is 139 Å². The number of ether oxygens (including phenoxy) is 1. The Hall–Kier alpha value is -1.02. The Morgan fingerprint density at radius 3 is 2.29 bits per heavy atom. The number of nitrogens with zero attached hydrogens (tertiary/aromatic N) is 2. The topological polar surface area (TPSA) is 35.0 Å². The molecule has 0 spiro atoms. The monoisotopic (exact) mass is 424 g/mol. The molecule has 0 fully saturated rings. The van der Waals surface area contributed by atoms with E-state index in [1.165, 1.54) is 12.1 Å². The van der Waals surface area contributed by atoms with E-state index in [1.807, 2.05) is 13.8 Å². The minimum Gasteiger partial charge on any atom is -0.435 e. The van der Waals surface area contributed by atoms with Crippen molar-refractivity contribution in [3.63, 3.8) is 0 Å². The highest BCUT2D eigenvalue weighted by Gasteiger charge is 2.15. The van der Waals surface area contributed by atoms with Gasteiger partial charge in [-0.3, -0.25) is 0 Å². The fourth-order valence-electron chi connectivity index (χ4n) is 1.73. The van der Waals surface area contributed by atoms with Gasteiger partial charge >= 0.3 is 6.61 Å². The van der Waals surface area contributed by atoms with E-state index in [1.54, 1.807) is 12.1 Å². The molecule has 0 radical (unpaired) electrons. The van der Waals surface area contributed by atoms with Gasteiger partial charge in [-0.1, -0.05) is 25.4 Å². The number of benzene rings is 1. The van der Waals surface area contributed by atoms with Gasteiger partial charge in [0, 0.05) is 5.56 Å². The molecule has 0 N–H and O–H groups in total. The lowest BCUT2D eigenvalue weighted by Crippen LogP contribution is -2.03. The number of halogens is 4. The van der Waals surface area contributed by atoms with E-state index in [0.29, 0.717) is 16.5 Å². The van der Waals surface area contributed by atoms with E-state index in [-0.39, 0.29) is 11.7 Å². The van der Waals surface area contributed by atoms with Crippen molar-refractivity contribution in [1.82, 2.24) is 9.97 Å². The fraction of sp³-hybridized carbons (Fsp3) is 0.286. The van der Waals surface area contributed by atoms with E-state index in [4.69, 9.17) is 11.6 Å². The van der Waals surface area contributed by atoms with E-state index in [9.17, 15) is 8.78 Å². The molecule has 1 aromatic carbocycles. The Kier molecular flexibility index (Phi) is 5.32. The van der Waals surface area contributed by atoms with Crippen molar-refractivity contribution < 1.29 is 13.5 Å². The maximum Gasteiger partial charge on any atom is 0.387 e. The van der Waals surface area contributed by atoms with Crippen LogP contribution in [0.2, 0.25) is 5.15 Å². The molecular weight excluding hydrogens is 413 g/mol. The fourth-order valence-corrected chi connectivity index (χ4v) is 2.77. The highest BCUT2D eigenvalue weighted by atomic mass is 127. The second kappa shape index (κ2) is 6.83. The molecule has 0 aliphatic rings. The van der Waals surface area contributed by atoms with Gasteiger partial charge in [0.15, 0.2) is 5.82 Å². The van der Waals surface area contributed by atoms with Crippen molar-refractivity contribution in [3.8, 4) is 17.1 Å². The molecule has 3 nitrogen and oxygen atoms in total. The van der Waals surface area contributed by atoms with Gasteiger partial charge < -0.3 is 4.74 Å². The molecule has 0 bridgehead atoms. The Balaban J connectivity index is 2.38. The molecule has 0 unspecified atom stereocenters. The molecule has 0 aliphatic carbocycles. The van der Waals surface area contributed by atoms with Crippen LogP contribution in [-0.4, -0.2) is 16.6 Å². The zero-order valence-corrected chi connectivity index (χ0v) is 14.2. The average molecular weight is 425 g/mol. The second-order valence-corrected chi connectivity index (χ2v) is 6.03. The molecule has 21 heavy (non-hydrogen) atoms. The number of alkyl halides is 2. The van der Waals surface area contributed by atoms with Crippen LogP contribution in [0.5, 0.6) is 5.75 Å². The molecule has 0 saturated heterocycles. The summed E-state index contributed by atoms with van der Waals surface area (Å²) in [5.41, 5.74) is 1.55. The van der Waals surface area contributed by atoms with Gasteiger partial charge in [0.2, 0.25) is 0 Å². The van der Waals surface area contributed by atoms with Gasteiger partial charge in [-0.25, -0.2) is 9.97 Å². The van der Waals surface area contributed by atoms with Crippen molar-refractivity contribution in [1.29, 1.82) is 0 Å². The molecule has 0 amide bonds. The van der Waals surface area contributed by atoms with Crippen LogP contribution in [0.15, 0.2) is 24.3 Å². The van der Waals surface area contributed by atoms with Gasteiger partial charge in [0.25, 0.3) is 0 Å². The Bertz CT molecular complexity index is 636. The minimum atomic E-state index is -2.84. The Morgan fingerprint density at radius 1 is 1.14 bits per heavy atom. The van der Waals surface area contributed by atoms with Crippen LogP contribution in [0.25, 0.3) is 11.4 Å². The number of rotatable bonds is 4. The summed E-state index contributed by atoms with van der Waals surface area (Å²) in [6.07, 6.45) is 0. The largest absolute Gasteiger partial charge is 0.435 e. The molecule has 1 aromatic heterocycles. The number of hydrogen-bond donors (Lipinski definition) is 0. The summed E-state index contributed by atoms with van der Waals surface area (Å²) < 4.78 is 29.4. The van der Waals surface area contributed by atoms with Crippen molar-refractivity contribution >= 4 is 34.2 Å². The van der Waals surface area contributed by atoms with Gasteiger partial charge in [0.05, 0.1) is 9.26 Å². The van der Waals surface area contributed by atoms with E-state index in [2.05, 4.69) is 37.3 Å². The third kappa shape index (κ3) is 4.00. The van der Waals surface area contributed by atoms with Gasteiger partial charge in [-0.15, -0.1) is 0 Å². The zero-order chi connectivity index (χ0) is 15.6. The van der Waals surface area contributed by atoms with Crippen molar-refractivity contribution in [2.24, 2.45) is 0 Å². The van der Waals surface area contributed by atoms with Crippen molar-refractivity contribution in [3.05, 3.63) is 38.7 Å². The molecule has 2 aromatic rings. The van der Waals surface area contributed by atoms with Gasteiger partial charge in [0.1, 0.15) is 10.9 Å². The first-order chi connectivity index (χ1) is 9.88. The SMILES string of the molecule is CC(C)c1nc(-c2ccc(OC(F)F)cc2)nc(Cl)c1I.